The Hall–Kier alpha value is -0.250. The van der Waals surface area contributed by atoms with E-state index in [-0.39, 0.29) is 19.4 Å². The Bertz CT molecular complexity index is 148. The van der Waals surface area contributed by atoms with Gasteiger partial charge in [-0.3, -0.25) is 0 Å². The number of aliphatic hydroxyl groups is 1. The molecule has 1 aliphatic carbocycles. The minimum absolute atomic E-state index is 0.179. The van der Waals surface area contributed by atoms with Crippen LogP contribution in [0.25, 0.3) is 0 Å². The second kappa shape index (κ2) is 2.37. The number of alkyl halides is 3. The van der Waals surface area contributed by atoms with Gasteiger partial charge in [-0.1, -0.05) is 6.92 Å². The van der Waals surface area contributed by atoms with Gasteiger partial charge in [0.25, 0.3) is 0 Å². The van der Waals surface area contributed by atoms with E-state index in [0.717, 1.165) is 0 Å². The van der Waals surface area contributed by atoms with E-state index in [4.69, 9.17) is 5.11 Å². The van der Waals surface area contributed by atoms with E-state index in [1.165, 1.54) is 6.92 Å². The van der Waals surface area contributed by atoms with E-state index in [1.807, 2.05) is 0 Å². The highest BCUT2D eigenvalue weighted by atomic mass is 19.4. The van der Waals surface area contributed by atoms with Crippen molar-refractivity contribution in [2.45, 2.75) is 25.9 Å². The second-order valence-corrected chi connectivity index (χ2v) is 3.24. The van der Waals surface area contributed by atoms with Crippen molar-refractivity contribution in [3.8, 4) is 0 Å². The first kappa shape index (κ1) is 8.84. The smallest absolute Gasteiger partial charge is 0.394 e. The van der Waals surface area contributed by atoms with Crippen LogP contribution in [0.3, 0.4) is 0 Å². The molecule has 1 nitrogen and oxygen atoms in total. The van der Waals surface area contributed by atoms with Gasteiger partial charge in [0.15, 0.2) is 0 Å². The molecule has 0 bridgehead atoms. The van der Waals surface area contributed by atoms with Gasteiger partial charge in [-0.25, -0.2) is 0 Å². The number of hydrogen-bond acceptors (Lipinski definition) is 1. The molecule has 0 aromatic heterocycles. The van der Waals surface area contributed by atoms with Crippen LogP contribution in [0.15, 0.2) is 0 Å². The zero-order chi connectivity index (χ0) is 8.70. The lowest BCUT2D eigenvalue weighted by atomic mass is 9.91. The van der Waals surface area contributed by atoms with Crippen molar-refractivity contribution in [2.24, 2.45) is 11.3 Å². The highest BCUT2D eigenvalue weighted by Crippen LogP contribution is 2.62. The van der Waals surface area contributed by atoms with Crippen LogP contribution in [0.2, 0.25) is 0 Å². The Morgan fingerprint density at radius 1 is 1.45 bits per heavy atom. The van der Waals surface area contributed by atoms with Crippen molar-refractivity contribution in [3.63, 3.8) is 0 Å². The zero-order valence-corrected chi connectivity index (χ0v) is 6.28. The summed E-state index contributed by atoms with van der Waals surface area (Å²) in [5.74, 6) is -0.650. The summed E-state index contributed by atoms with van der Waals surface area (Å²) < 4.78 is 36.7. The molecule has 0 amide bonds. The predicted octanol–water partition coefficient (Wildman–Crippen LogP) is 1.96. The molecule has 0 spiro atoms. The molecule has 0 radical (unpaired) electrons. The molecule has 0 unspecified atom stereocenters. The van der Waals surface area contributed by atoms with Crippen LogP contribution >= 0.6 is 0 Å². The van der Waals surface area contributed by atoms with E-state index in [1.54, 1.807) is 0 Å². The average Bonchev–Trinajstić information content (AvgIpc) is 2.63. The van der Waals surface area contributed by atoms with Crippen molar-refractivity contribution in [3.05, 3.63) is 0 Å². The lowest BCUT2D eigenvalue weighted by molar-refractivity contribution is -0.204. The topological polar surface area (TPSA) is 20.2 Å². The summed E-state index contributed by atoms with van der Waals surface area (Å²) in [6, 6.07) is 0. The molecule has 66 valence electrons. The fourth-order valence-corrected chi connectivity index (χ4v) is 1.37. The van der Waals surface area contributed by atoms with Gasteiger partial charge >= 0.3 is 6.18 Å². The van der Waals surface area contributed by atoms with Crippen LogP contribution in [0, 0.1) is 11.3 Å². The Morgan fingerprint density at radius 3 is 2.00 bits per heavy atom. The van der Waals surface area contributed by atoms with Crippen molar-refractivity contribution in [2.75, 3.05) is 6.61 Å². The maximum absolute atomic E-state index is 12.2. The quantitative estimate of drug-likeness (QED) is 0.668. The fourth-order valence-electron chi connectivity index (χ4n) is 1.37. The number of aliphatic hydroxyl groups excluding tert-OH is 1. The lowest BCUT2D eigenvalue weighted by Crippen LogP contribution is -2.32. The Kier molecular flexibility index (Phi) is 1.90. The molecule has 0 aromatic carbocycles. The molecule has 1 aliphatic rings. The number of hydrogen-bond donors (Lipinski definition) is 1. The summed E-state index contributed by atoms with van der Waals surface area (Å²) in [5.41, 5.74) is -1.55. The molecule has 1 N–H and O–H groups in total. The van der Waals surface area contributed by atoms with Crippen LogP contribution in [-0.4, -0.2) is 17.9 Å². The normalized spacial score (nSPS) is 24.8. The van der Waals surface area contributed by atoms with Crippen LogP contribution in [-0.2, 0) is 0 Å². The van der Waals surface area contributed by atoms with Gasteiger partial charge in [0.2, 0.25) is 0 Å². The third-order valence-corrected chi connectivity index (χ3v) is 2.57. The Balaban J connectivity index is 2.68. The van der Waals surface area contributed by atoms with Crippen molar-refractivity contribution in [1.29, 1.82) is 0 Å². The van der Waals surface area contributed by atoms with Crippen molar-refractivity contribution >= 4 is 0 Å². The van der Waals surface area contributed by atoms with Crippen LogP contribution in [0.5, 0.6) is 0 Å². The fraction of sp³-hybridized carbons (Fsp3) is 1.00. The summed E-state index contributed by atoms with van der Waals surface area (Å²) in [5, 5.41) is 8.57. The van der Waals surface area contributed by atoms with Gasteiger partial charge in [-0.2, -0.15) is 13.2 Å². The van der Waals surface area contributed by atoms with Crippen LogP contribution in [0.4, 0.5) is 13.2 Å². The molecule has 0 saturated heterocycles. The third kappa shape index (κ3) is 1.24. The highest BCUT2D eigenvalue weighted by molar-refractivity contribution is 5.02. The summed E-state index contributed by atoms with van der Waals surface area (Å²) in [7, 11) is 0. The first-order chi connectivity index (χ1) is 4.94. The van der Waals surface area contributed by atoms with E-state index in [0.29, 0.717) is 0 Å². The van der Waals surface area contributed by atoms with Crippen molar-refractivity contribution < 1.29 is 18.3 Å². The van der Waals surface area contributed by atoms with Gasteiger partial charge in [0, 0.05) is 6.61 Å². The molecular formula is C7H11F3O. The SMILES string of the molecule is C[C@@H](CO)C1(C(F)(F)F)CC1. The second-order valence-electron chi connectivity index (χ2n) is 3.24. The first-order valence-corrected chi connectivity index (χ1v) is 3.61. The van der Waals surface area contributed by atoms with E-state index < -0.39 is 17.5 Å². The summed E-state index contributed by atoms with van der Waals surface area (Å²) in [6.45, 7) is 1.07. The first-order valence-electron chi connectivity index (χ1n) is 3.61. The van der Waals surface area contributed by atoms with Gasteiger partial charge in [-0.05, 0) is 18.8 Å². The van der Waals surface area contributed by atoms with E-state index in [2.05, 4.69) is 0 Å². The monoisotopic (exact) mass is 168 g/mol. The molecular weight excluding hydrogens is 157 g/mol. The van der Waals surface area contributed by atoms with Crippen LogP contribution in [0.1, 0.15) is 19.8 Å². The number of halogens is 3. The van der Waals surface area contributed by atoms with Gasteiger partial charge in [0.1, 0.15) is 0 Å². The molecule has 1 fully saturated rings. The van der Waals surface area contributed by atoms with Crippen molar-refractivity contribution in [1.82, 2.24) is 0 Å². The maximum atomic E-state index is 12.2. The maximum Gasteiger partial charge on any atom is 0.394 e. The molecule has 4 heteroatoms. The zero-order valence-electron chi connectivity index (χ0n) is 6.28. The van der Waals surface area contributed by atoms with Crippen LogP contribution < -0.4 is 0 Å². The van der Waals surface area contributed by atoms with E-state index >= 15 is 0 Å². The molecule has 1 atom stereocenters. The number of rotatable bonds is 2. The molecule has 0 aliphatic heterocycles. The Morgan fingerprint density at radius 2 is 1.91 bits per heavy atom. The van der Waals surface area contributed by atoms with Gasteiger partial charge in [0.05, 0.1) is 5.41 Å². The summed E-state index contributed by atoms with van der Waals surface area (Å²) in [6.07, 6.45) is -3.77. The van der Waals surface area contributed by atoms with Gasteiger partial charge < -0.3 is 5.11 Å². The van der Waals surface area contributed by atoms with E-state index in [9.17, 15) is 13.2 Å². The minimum atomic E-state index is -4.13. The minimum Gasteiger partial charge on any atom is -0.396 e. The van der Waals surface area contributed by atoms with Gasteiger partial charge in [-0.15, -0.1) is 0 Å². The summed E-state index contributed by atoms with van der Waals surface area (Å²) >= 11 is 0. The lowest BCUT2D eigenvalue weighted by Gasteiger charge is -2.24. The molecule has 0 aromatic rings. The molecule has 1 rings (SSSR count). The molecule has 11 heavy (non-hydrogen) atoms. The predicted molar refractivity (Wildman–Crippen MR) is 34.0 cm³/mol. The highest BCUT2D eigenvalue weighted by Gasteiger charge is 2.65. The summed E-state index contributed by atoms with van der Waals surface area (Å²) in [4.78, 5) is 0. The Labute approximate surface area is 63.2 Å². The standard InChI is InChI=1S/C7H11F3O/c1-5(4-11)6(2-3-6)7(8,9)10/h5,11H,2-4H2,1H3/t5-/m0/s1. The molecule has 0 heterocycles. The largest absolute Gasteiger partial charge is 0.396 e. The molecule has 1 saturated carbocycles. The average molecular weight is 168 g/mol. The third-order valence-electron chi connectivity index (χ3n) is 2.57.